The largest absolute Gasteiger partial charge is 0.477 e. The number of hydrogen-bond acceptors (Lipinski definition) is 7. The molecule has 1 saturated heterocycles. The molecule has 2 heterocycles. The van der Waals surface area contributed by atoms with Gasteiger partial charge >= 0.3 is 11.9 Å². The van der Waals surface area contributed by atoms with Crippen LogP contribution in [0.25, 0.3) is 0 Å². The molecule has 1 fully saturated rings. The normalized spacial score (nSPS) is 17.2. The molecular weight excluding hydrogens is 528 g/mol. The second-order valence-electron chi connectivity index (χ2n) is 9.85. The molecule has 4 N–H and O–H groups in total. The van der Waals surface area contributed by atoms with Crippen LogP contribution < -0.4 is 16.0 Å². The zero-order valence-electron chi connectivity index (χ0n) is 22.6. The Morgan fingerprint density at radius 2 is 1.85 bits per heavy atom. The van der Waals surface area contributed by atoms with Gasteiger partial charge in [0.1, 0.15) is 5.01 Å². The number of rotatable bonds is 10. The van der Waals surface area contributed by atoms with E-state index in [0.29, 0.717) is 12.1 Å². The average molecular weight is 566 g/mol. The maximum absolute atomic E-state index is 12.8. The molecule has 214 valence electrons. The van der Waals surface area contributed by atoms with Crippen molar-refractivity contribution in [3.8, 4) is 0 Å². The molecule has 1 unspecified atom stereocenters. The van der Waals surface area contributed by atoms with Crippen molar-refractivity contribution in [2.24, 2.45) is 5.92 Å². The second kappa shape index (κ2) is 15.4. The first-order valence-corrected chi connectivity index (χ1v) is 13.7. The summed E-state index contributed by atoms with van der Waals surface area (Å²) in [4.78, 5) is 34.6. The average Bonchev–Trinajstić information content (AvgIpc) is 3.36. The van der Waals surface area contributed by atoms with Gasteiger partial charge in [0.25, 0.3) is 0 Å². The fraction of sp³-hybridized carbons (Fsp3) is 0.519. The number of nitrogens with one attached hydrogen (secondary N) is 3. The van der Waals surface area contributed by atoms with Crippen LogP contribution in [0.3, 0.4) is 0 Å². The molecule has 0 aliphatic carbocycles. The Labute approximate surface area is 231 Å². The summed E-state index contributed by atoms with van der Waals surface area (Å²) in [6, 6.07) is 9.74. The van der Waals surface area contributed by atoms with Gasteiger partial charge in [-0.2, -0.15) is 8.78 Å². The van der Waals surface area contributed by atoms with E-state index in [1.807, 2.05) is 32.0 Å². The molecule has 12 heteroatoms. The number of alkyl halides is 2. The minimum Gasteiger partial charge on any atom is -0.477 e. The maximum Gasteiger partial charge on any atom is 0.374 e. The van der Waals surface area contributed by atoms with Gasteiger partial charge in [-0.25, -0.2) is 4.79 Å². The molecule has 9 nitrogen and oxygen atoms in total. The predicted molar refractivity (Wildman–Crippen MR) is 147 cm³/mol. The van der Waals surface area contributed by atoms with E-state index in [1.54, 1.807) is 6.08 Å². The van der Waals surface area contributed by atoms with E-state index in [9.17, 15) is 23.2 Å². The molecule has 1 aliphatic rings. The summed E-state index contributed by atoms with van der Waals surface area (Å²) < 4.78 is 22.5. The van der Waals surface area contributed by atoms with Crippen molar-refractivity contribution >= 4 is 34.3 Å². The summed E-state index contributed by atoms with van der Waals surface area (Å²) in [6.45, 7) is 7.35. The number of benzene rings is 1. The number of aliphatic carboxylic acids is 1. The first-order chi connectivity index (χ1) is 18.4. The number of piperidine rings is 1. The third-order valence-corrected chi connectivity index (χ3v) is 7.08. The SMILES string of the molecule is CC(C)c1nnc(NC(=O)/C=C/[C@@H](NC(=O)[C@@H]2CCCCN2)C(C)Cc2ccccc2)s1.CC(F)(F)C(=O)O. The minimum absolute atomic E-state index is 0.00892. The van der Waals surface area contributed by atoms with Crippen molar-refractivity contribution in [1.29, 1.82) is 0 Å². The zero-order valence-corrected chi connectivity index (χ0v) is 23.4. The number of carboxylic acids is 1. The van der Waals surface area contributed by atoms with Gasteiger partial charge in [-0.3, -0.25) is 14.9 Å². The number of anilines is 1. The van der Waals surface area contributed by atoms with Gasteiger partial charge in [-0.05, 0) is 37.3 Å². The van der Waals surface area contributed by atoms with E-state index in [1.165, 1.54) is 23.0 Å². The van der Waals surface area contributed by atoms with Crippen molar-refractivity contribution in [3.63, 3.8) is 0 Å². The number of amides is 2. The number of nitrogens with zero attached hydrogens (tertiary/aromatic N) is 2. The zero-order chi connectivity index (χ0) is 29.0. The summed E-state index contributed by atoms with van der Waals surface area (Å²) in [5.74, 6) is -5.58. The molecule has 0 saturated carbocycles. The summed E-state index contributed by atoms with van der Waals surface area (Å²) in [5.41, 5.74) is 1.20. The Morgan fingerprint density at radius 1 is 1.18 bits per heavy atom. The number of halogens is 2. The highest BCUT2D eigenvalue weighted by Gasteiger charge is 2.31. The third-order valence-electron chi connectivity index (χ3n) is 5.94. The molecule has 1 aromatic heterocycles. The third kappa shape index (κ3) is 11.6. The quantitative estimate of drug-likeness (QED) is 0.314. The monoisotopic (exact) mass is 565 g/mol. The van der Waals surface area contributed by atoms with Crippen molar-refractivity contribution in [3.05, 3.63) is 53.1 Å². The van der Waals surface area contributed by atoms with Crippen molar-refractivity contribution in [2.75, 3.05) is 11.9 Å². The van der Waals surface area contributed by atoms with Crippen LogP contribution in [0.15, 0.2) is 42.5 Å². The molecule has 3 rings (SSSR count). The molecule has 3 atom stereocenters. The maximum atomic E-state index is 12.8. The lowest BCUT2D eigenvalue weighted by molar-refractivity contribution is -0.161. The lowest BCUT2D eigenvalue weighted by Crippen LogP contribution is -2.50. The van der Waals surface area contributed by atoms with Gasteiger partial charge in [0.15, 0.2) is 0 Å². The van der Waals surface area contributed by atoms with Gasteiger partial charge < -0.3 is 15.7 Å². The van der Waals surface area contributed by atoms with E-state index in [-0.39, 0.29) is 35.7 Å². The van der Waals surface area contributed by atoms with E-state index < -0.39 is 11.9 Å². The summed E-state index contributed by atoms with van der Waals surface area (Å²) in [6.07, 6.45) is 7.05. The molecular formula is C27H37F2N5O4S. The van der Waals surface area contributed by atoms with E-state index >= 15 is 0 Å². The molecule has 0 radical (unpaired) electrons. The van der Waals surface area contributed by atoms with E-state index in [0.717, 1.165) is 37.2 Å². The van der Waals surface area contributed by atoms with Crippen LogP contribution in [0.1, 0.15) is 63.4 Å². The van der Waals surface area contributed by atoms with Crippen LogP contribution in [0, 0.1) is 5.92 Å². The fourth-order valence-corrected chi connectivity index (χ4v) is 4.44. The van der Waals surface area contributed by atoms with Crippen LogP contribution in [0.4, 0.5) is 13.9 Å². The topological polar surface area (TPSA) is 133 Å². The highest BCUT2D eigenvalue weighted by Crippen LogP contribution is 2.22. The lowest BCUT2D eigenvalue weighted by Gasteiger charge is -2.27. The van der Waals surface area contributed by atoms with Gasteiger partial charge in [-0.15, -0.1) is 10.2 Å². The van der Waals surface area contributed by atoms with E-state index in [2.05, 4.69) is 45.2 Å². The molecule has 0 bridgehead atoms. The van der Waals surface area contributed by atoms with E-state index in [4.69, 9.17) is 5.11 Å². The Balaban J connectivity index is 0.000000673. The van der Waals surface area contributed by atoms with Crippen molar-refractivity contribution < 1.29 is 28.3 Å². The highest BCUT2D eigenvalue weighted by molar-refractivity contribution is 7.15. The van der Waals surface area contributed by atoms with Gasteiger partial charge in [0.05, 0.1) is 12.1 Å². The number of carbonyl (C=O) groups is 3. The minimum atomic E-state index is -3.58. The molecule has 2 aromatic rings. The highest BCUT2D eigenvalue weighted by atomic mass is 32.1. The summed E-state index contributed by atoms with van der Waals surface area (Å²) >= 11 is 1.38. The smallest absolute Gasteiger partial charge is 0.374 e. The first-order valence-electron chi connectivity index (χ1n) is 12.9. The van der Waals surface area contributed by atoms with Gasteiger partial charge in [-0.1, -0.05) is 74.9 Å². The first kappa shape index (κ1) is 32.0. The molecule has 39 heavy (non-hydrogen) atoms. The van der Waals surface area contributed by atoms with Crippen molar-refractivity contribution in [2.45, 2.75) is 77.3 Å². The van der Waals surface area contributed by atoms with Crippen LogP contribution >= 0.6 is 11.3 Å². The number of hydrogen-bond donors (Lipinski definition) is 4. The van der Waals surface area contributed by atoms with Crippen LogP contribution in [0.5, 0.6) is 0 Å². The Kier molecular flexibility index (Phi) is 12.6. The van der Waals surface area contributed by atoms with Crippen LogP contribution in [0.2, 0.25) is 0 Å². The standard InChI is InChI=1S/C24H33N5O2S.C3H4F2O2/c1-16(2)23-28-29-24(32-23)27-21(30)13-12-19(17(3)15-18-9-5-4-6-10-18)26-22(31)20-11-7-8-14-25-20;1-3(4,5)2(6)7/h4-6,9-10,12-13,16-17,19-20,25H,7-8,11,14-15H2,1-3H3,(H,26,31)(H,27,29,30);1H3,(H,6,7)/b13-12+;/t17?,19-,20+;/m1./s1. The number of aromatic nitrogens is 2. The summed E-state index contributed by atoms with van der Waals surface area (Å²) in [5, 5.41) is 26.2. The number of carboxylic acid groups (broad SMARTS) is 1. The molecule has 2 amide bonds. The van der Waals surface area contributed by atoms with Gasteiger partial charge in [0, 0.05) is 18.9 Å². The van der Waals surface area contributed by atoms with Crippen molar-refractivity contribution in [1.82, 2.24) is 20.8 Å². The Bertz CT molecular complexity index is 1100. The fourth-order valence-electron chi connectivity index (χ4n) is 3.69. The second-order valence-corrected chi connectivity index (χ2v) is 10.9. The molecule has 1 aliphatic heterocycles. The summed E-state index contributed by atoms with van der Waals surface area (Å²) in [7, 11) is 0. The predicted octanol–water partition coefficient (Wildman–Crippen LogP) is 4.39. The molecule has 1 aromatic carbocycles. The Hall–Kier alpha value is -3.25. The Morgan fingerprint density at radius 3 is 2.38 bits per heavy atom. The van der Waals surface area contributed by atoms with Crippen LogP contribution in [-0.2, 0) is 20.8 Å². The number of carbonyl (C=O) groups excluding carboxylic acids is 2. The lowest BCUT2D eigenvalue weighted by atomic mass is 9.92. The van der Waals surface area contributed by atoms with Gasteiger partial charge in [0.2, 0.25) is 16.9 Å². The van der Waals surface area contributed by atoms with Crippen LogP contribution in [-0.4, -0.2) is 57.6 Å². The molecule has 0 spiro atoms.